The fourth-order valence-corrected chi connectivity index (χ4v) is 7.74. The zero-order valence-electron chi connectivity index (χ0n) is 26.6. The van der Waals surface area contributed by atoms with E-state index < -0.39 is 11.5 Å². The fourth-order valence-electron chi connectivity index (χ4n) is 6.82. The molecular weight excluding hydrogens is 616 g/mol. The van der Waals surface area contributed by atoms with Gasteiger partial charge in [-0.25, -0.2) is 4.98 Å². The van der Waals surface area contributed by atoms with Crippen molar-refractivity contribution in [3.63, 3.8) is 0 Å². The van der Waals surface area contributed by atoms with Gasteiger partial charge in [-0.3, -0.25) is 24.1 Å². The van der Waals surface area contributed by atoms with E-state index >= 15 is 0 Å². The number of carbonyl (C=O) groups is 4. The summed E-state index contributed by atoms with van der Waals surface area (Å²) in [5, 5.41) is 12.7. The molecule has 0 aliphatic carbocycles. The average molecular weight is 659 g/mol. The maximum Gasteiger partial charge on any atom is 0.243 e. The fraction of sp³-hybridized carbons (Fsp3) is 0.457. The number of thiazole rings is 1. The zero-order chi connectivity index (χ0) is 32.8. The highest BCUT2D eigenvalue weighted by Crippen LogP contribution is 2.36. The lowest BCUT2D eigenvalue weighted by Crippen LogP contribution is -2.58. The molecule has 47 heavy (non-hydrogen) atoms. The van der Waals surface area contributed by atoms with Gasteiger partial charge in [0.15, 0.2) is 5.13 Å². The Morgan fingerprint density at radius 2 is 1.87 bits per heavy atom. The van der Waals surface area contributed by atoms with Crippen LogP contribution < -0.4 is 21.3 Å². The van der Waals surface area contributed by atoms with Gasteiger partial charge in [-0.05, 0) is 61.8 Å². The summed E-state index contributed by atoms with van der Waals surface area (Å²) < 4.78 is 6.48. The van der Waals surface area contributed by atoms with E-state index in [1.54, 1.807) is 6.07 Å². The first kappa shape index (κ1) is 32.8. The summed E-state index contributed by atoms with van der Waals surface area (Å²) in [6, 6.07) is 14.5. The van der Waals surface area contributed by atoms with E-state index in [9.17, 15) is 19.2 Å². The number of amides is 4. The molecule has 3 aliphatic heterocycles. The Morgan fingerprint density at radius 3 is 2.66 bits per heavy atom. The third kappa shape index (κ3) is 8.24. The van der Waals surface area contributed by atoms with Gasteiger partial charge >= 0.3 is 0 Å². The number of fused-ring (bicyclic) bond motifs is 2. The molecule has 3 aromatic rings. The quantitative estimate of drug-likeness (QED) is 0.295. The minimum atomic E-state index is -0.694. The van der Waals surface area contributed by atoms with E-state index in [2.05, 4.69) is 43.3 Å². The smallest absolute Gasteiger partial charge is 0.243 e. The van der Waals surface area contributed by atoms with Crippen LogP contribution in [-0.2, 0) is 30.3 Å². The maximum absolute atomic E-state index is 13.8. The Bertz CT molecular complexity index is 1640. The van der Waals surface area contributed by atoms with Crippen LogP contribution in [0.3, 0.4) is 0 Å². The summed E-state index contributed by atoms with van der Waals surface area (Å²) >= 11 is 1.36. The van der Waals surface area contributed by atoms with Crippen LogP contribution in [0, 0.1) is 11.3 Å². The molecule has 1 spiro atoms. The number of anilines is 2. The summed E-state index contributed by atoms with van der Waals surface area (Å²) in [6.07, 6.45) is 7.91. The van der Waals surface area contributed by atoms with E-state index in [0.29, 0.717) is 69.2 Å². The lowest BCUT2D eigenvalue weighted by Gasteiger charge is -2.40. The Labute approximate surface area is 278 Å². The van der Waals surface area contributed by atoms with Gasteiger partial charge in [-0.15, -0.1) is 0 Å². The summed E-state index contributed by atoms with van der Waals surface area (Å²) in [6.45, 7) is 4.02. The number of nitrogens with one attached hydrogen (secondary N) is 4. The number of ether oxygens (including phenoxy) is 1. The van der Waals surface area contributed by atoms with Gasteiger partial charge in [0.05, 0.1) is 22.2 Å². The first-order valence-electron chi connectivity index (χ1n) is 16.3. The third-order valence-electron chi connectivity index (χ3n) is 9.42. The van der Waals surface area contributed by atoms with Crippen LogP contribution >= 0.6 is 11.3 Å². The Hall–Kier alpha value is -4.13. The zero-order valence-corrected chi connectivity index (χ0v) is 27.4. The second kappa shape index (κ2) is 14.7. The topological polar surface area (TPSA) is 142 Å². The average Bonchev–Trinajstić information content (AvgIpc) is 3.45. The molecule has 0 unspecified atom stereocenters. The molecule has 12 heteroatoms. The largest absolute Gasteiger partial charge is 0.381 e. The number of aromatic nitrogens is 1. The third-order valence-corrected chi connectivity index (χ3v) is 10.4. The standard InChI is InChI=1S/C35H42N6O5S/c1-23(42)36-26-10-11-28-30(20-26)47-34(39-28)40-31(43)22-41-16-12-27-25(21-41)9-5-6-13-35(14-17-46-18-15-35)33(45)38-29(32(44)37-27)19-24-7-3-2-4-8-24/h2-8,10-11,20,25,27,29H,9,12-19,21-22H2,1H3,(H,36,42)(H,37,44)(H,38,45)(H,39,40,43)/t25-,27+,29-/m1/s1. The van der Waals surface area contributed by atoms with Crippen LogP contribution in [-0.4, -0.2) is 78.4 Å². The molecule has 0 saturated carbocycles. The number of nitrogens with zero attached hydrogens (tertiary/aromatic N) is 2. The molecule has 0 radical (unpaired) electrons. The van der Waals surface area contributed by atoms with Crippen molar-refractivity contribution in [3.05, 3.63) is 66.2 Å². The number of hydrogen-bond acceptors (Lipinski definition) is 8. The van der Waals surface area contributed by atoms with Gasteiger partial charge in [0.1, 0.15) is 6.04 Å². The first-order valence-corrected chi connectivity index (χ1v) is 17.2. The summed E-state index contributed by atoms with van der Waals surface area (Å²) in [4.78, 5) is 58.8. The van der Waals surface area contributed by atoms with Crippen molar-refractivity contribution in [2.45, 2.75) is 57.5 Å². The van der Waals surface area contributed by atoms with Crippen LogP contribution in [0.15, 0.2) is 60.7 Å². The molecule has 0 bridgehead atoms. The highest BCUT2D eigenvalue weighted by Gasteiger charge is 2.41. The molecule has 1 aromatic heterocycles. The Balaban J connectivity index is 1.14. The van der Waals surface area contributed by atoms with Gasteiger partial charge in [0, 0.05) is 51.4 Å². The van der Waals surface area contributed by atoms with Gasteiger partial charge in [0.2, 0.25) is 23.6 Å². The lowest BCUT2D eigenvalue weighted by atomic mass is 9.75. The lowest BCUT2D eigenvalue weighted by molar-refractivity contribution is -0.140. The van der Waals surface area contributed by atoms with Crippen molar-refractivity contribution in [1.82, 2.24) is 20.5 Å². The van der Waals surface area contributed by atoms with E-state index in [1.165, 1.54) is 18.3 Å². The molecule has 248 valence electrons. The minimum Gasteiger partial charge on any atom is -0.381 e. The second-order valence-corrected chi connectivity index (χ2v) is 13.9. The molecule has 2 saturated heterocycles. The molecule has 6 rings (SSSR count). The van der Waals surface area contributed by atoms with E-state index in [1.807, 2.05) is 42.5 Å². The number of likely N-dealkylation sites (tertiary alicyclic amines) is 1. The number of hydrogen-bond donors (Lipinski definition) is 4. The number of piperidine rings is 1. The van der Waals surface area contributed by atoms with Crippen molar-refractivity contribution < 1.29 is 23.9 Å². The molecule has 11 nitrogen and oxygen atoms in total. The Morgan fingerprint density at radius 1 is 1.06 bits per heavy atom. The first-order chi connectivity index (χ1) is 22.8. The normalized spacial score (nSPS) is 23.6. The van der Waals surface area contributed by atoms with Gasteiger partial charge in [-0.1, -0.05) is 53.8 Å². The molecule has 4 amide bonds. The van der Waals surface area contributed by atoms with Crippen LogP contribution in [0.5, 0.6) is 0 Å². The Kier molecular flexibility index (Phi) is 10.3. The molecule has 4 N–H and O–H groups in total. The molecule has 2 aromatic carbocycles. The summed E-state index contributed by atoms with van der Waals surface area (Å²) in [5.41, 5.74) is 1.81. The predicted octanol–water partition coefficient (Wildman–Crippen LogP) is 3.87. The van der Waals surface area contributed by atoms with Crippen molar-refractivity contribution in [3.8, 4) is 0 Å². The molecule has 2 fully saturated rings. The van der Waals surface area contributed by atoms with Crippen molar-refractivity contribution >= 4 is 56.0 Å². The number of carbonyl (C=O) groups excluding carboxylic acids is 4. The van der Waals surface area contributed by atoms with Crippen LogP contribution in [0.2, 0.25) is 0 Å². The van der Waals surface area contributed by atoms with Gasteiger partial charge in [0.25, 0.3) is 0 Å². The van der Waals surface area contributed by atoms with Crippen molar-refractivity contribution in [2.24, 2.45) is 11.3 Å². The number of benzene rings is 2. The monoisotopic (exact) mass is 658 g/mol. The number of allylic oxidation sites excluding steroid dienone is 2. The molecular formula is C35H42N6O5S. The van der Waals surface area contributed by atoms with Crippen molar-refractivity contribution in [2.75, 3.05) is 43.5 Å². The second-order valence-electron chi connectivity index (χ2n) is 12.8. The highest BCUT2D eigenvalue weighted by atomic mass is 32.1. The predicted molar refractivity (Wildman–Crippen MR) is 182 cm³/mol. The number of rotatable bonds is 6. The van der Waals surface area contributed by atoms with Crippen molar-refractivity contribution in [1.29, 1.82) is 0 Å². The molecule has 3 aliphatic rings. The molecule has 3 atom stereocenters. The van der Waals surface area contributed by atoms with Crippen LogP contribution in [0.1, 0.15) is 44.6 Å². The maximum atomic E-state index is 13.8. The van der Waals surface area contributed by atoms with E-state index in [-0.39, 0.29) is 42.1 Å². The van der Waals surface area contributed by atoms with Crippen LogP contribution in [0.4, 0.5) is 10.8 Å². The highest BCUT2D eigenvalue weighted by molar-refractivity contribution is 7.22. The van der Waals surface area contributed by atoms with Crippen LogP contribution in [0.25, 0.3) is 10.2 Å². The summed E-state index contributed by atoms with van der Waals surface area (Å²) in [7, 11) is 0. The van der Waals surface area contributed by atoms with Gasteiger partial charge < -0.3 is 26.0 Å². The van der Waals surface area contributed by atoms with E-state index in [0.717, 1.165) is 22.2 Å². The minimum absolute atomic E-state index is 0.0826. The molecule has 4 heterocycles. The summed E-state index contributed by atoms with van der Waals surface area (Å²) in [5.74, 6) is -0.452. The SMILES string of the molecule is CC(=O)Nc1ccc2nc(NC(=O)CN3CC[C@@H]4NC(=O)[C@@H](Cc5ccccc5)NC(=O)C5(CC=CC[C@@H]4C3)CCOCC5)sc2c1. The van der Waals surface area contributed by atoms with E-state index in [4.69, 9.17) is 4.74 Å². The van der Waals surface area contributed by atoms with Gasteiger partial charge in [-0.2, -0.15) is 0 Å².